The number of fused-ring (bicyclic) bond motifs is 1. The summed E-state index contributed by atoms with van der Waals surface area (Å²) in [7, 11) is 1.62. The molecule has 2 aromatic carbocycles. The van der Waals surface area contributed by atoms with Crippen LogP contribution < -0.4 is 15.6 Å². The number of carbonyl (C=O) groups is 2. The summed E-state index contributed by atoms with van der Waals surface area (Å²) in [6.45, 7) is 2.22. The highest BCUT2D eigenvalue weighted by Crippen LogP contribution is 2.26. The van der Waals surface area contributed by atoms with Gasteiger partial charge in [-0.2, -0.15) is 0 Å². The second kappa shape index (κ2) is 8.10. The molecule has 0 spiro atoms. The summed E-state index contributed by atoms with van der Waals surface area (Å²) in [6, 6.07) is 12.5. The minimum atomic E-state index is -0.640. The number of ketones is 2. The topological polar surface area (TPSA) is 90.3 Å². The number of benzene rings is 2. The van der Waals surface area contributed by atoms with Crippen molar-refractivity contribution >= 4 is 28.2 Å². The molecule has 0 bridgehead atoms. The van der Waals surface area contributed by atoms with E-state index >= 15 is 0 Å². The van der Waals surface area contributed by atoms with Crippen LogP contribution in [-0.2, 0) is 16.1 Å². The number of rotatable bonds is 5. The van der Waals surface area contributed by atoms with Crippen LogP contribution in [0.3, 0.4) is 0 Å². The van der Waals surface area contributed by atoms with Crippen molar-refractivity contribution < 1.29 is 14.3 Å². The molecule has 1 N–H and O–H groups in total. The Bertz CT molecular complexity index is 1200. The maximum absolute atomic E-state index is 13.4. The van der Waals surface area contributed by atoms with E-state index in [4.69, 9.17) is 4.74 Å². The molecule has 1 aliphatic rings. The summed E-state index contributed by atoms with van der Waals surface area (Å²) < 4.78 is 6.72. The fourth-order valence-electron chi connectivity index (χ4n) is 3.98. The Morgan fingerprint density at radius 2 is 1.97 bits per heavy atom. The fourth-order valence-corrected chi connectivity index (χ4v) is 3.98. The molecule has 0 aliphatic heterocycles. The molecule has 0 saturated heterocycles. The number of nitrogens with zero attached hydrogens (tertiary/aromatic N) is 2. The van der Waals surface area contributed by atoms with Crippen LogP contribution in [0.4, 0.5) is 5.69 Å². The van der Waals surface area contributed by atoms with E-state index in [-0.39, 0.29) is 23.5 Å². The molecule has 0 radical (unpaired) electrons. The highest BCUT2D eigenvalue weighted by atomic mass is 16.5. The molecule has 7 heteroatoms. The number of methoxy groups -OCH3 is 1. The smallest absolute Gasteiger partial charge is 0.264 e. The first-order valence-corrected chi connectivity index (χ1v) is 9.91. The molecule has 1 aromatic heterocycles. The summed E-state index contributed by atoms with van der Waals surface area (Å²) >= 11 is 0. The van der Waals surface area contributed by atoms with Gasteiger partial charge in [-0.25, -0.2) is 4.98 Å². The first kappa shape index (κ1) is 19.8. The van der Waals surface area contributed by atoms with Crippen LogP contribution in [0.2, 0.25) is 0 Å². The third-order valence-electron chi connectivity index (χ3n) is 5.47. The van der Waals surface area contributed by atoms with Crippen LogP contribution in [0.15, 0.2) is 47.3 Å². The SMILES string of the molecule is COc1cccc(CNc2cccc3nc(C)n(C4CCC(=O)CC4=O)c(=O)c23)c1. The number of hydrogen-bond donors (Lipinski definition) is 1. The number of anilines is 1. The molecule has 1 fully saturated rings. The number of aryl methyl sites for hydroxylation is 1. The van der Waals surface area contributed by atoms with Gasteiger partial charge in [-0.1, -0.05) is 18.2 Å². The number of aromatic nitrogens is 2. The molecule has 1 unspecified atom stereocenters. The summed E-state index contributed by atoms with van der Waals surface area (Å²) in [5, 5.41) is 3.76. The Morgan fingerprint density at radius 3 is 2.73 bits per heavy atom. The Labute approximate surface area is 173 Å². The number of ether oxygens (including phenoxy) is 1. The molecule has 3 aromatic rings. The lowest BCUT2D eigenvalue weighted by Gasteiger charge is -2.24. The molecule has 0 amide bonds. The van der Waals surface area contributed by atoms with E-state index in [1.807, 2.05) is 36.4 Å². The standard InChI is InChI=1S/C23H23N3O4/c1-14-25-19-8-4-7-18(24-13-15-5-3-6-17(11-15)30-2)22(19)23(29)26(14)20-10-9-16(27)12-21(20)28/h3-8,11,20,24H,9-10,12-13H2,1-2H3. The van der Waals surface area contributed by atoms with Gasteiger partial charge < -0.3 is 10.1 Å². The van der Waals surface area contributed by atoms with Gasteiger partial charge in [-0.05, 0) is 43.2 Å². The molecule has 30 heavy (non-hydrogen) atoms. The third kappa shape index (κ3) is 3.70. The monoisotopic (exact) mass is 405 g/mol. The lowest BCUT2D eigenvalue weighted by molar-refractivity contribution is -0.132. The van der Waals surface area contributed by atoms with Crippen LogP contribution in [0.1, 0.15) is 36.7 Å². The van der Waals surface area contributed by atoms with E-state index in [1.165, 1.54) is 4.57 Å². The predicted octanol–water partition coefficient (Wildman–Crippen LogP) is 3.19. The van der Waals surface area contributed by atoms with Gasteiger partial charge >= 0.3 is 0 Å². The third-order valence-corrected chi connectivity index (χ3v) is 5.47. The van der Waals surface area contributed by atoms with Crippen LogP contribution in [0.5, 0.6) is 5.75 Å². The minimum Gasteiger partial charge on any atom is -0.497 e. The lowest BCUT2D eigenvalue weighted by atomic mass is 9.92. The van der Waals surface area contributed by atoms with Gasteiger partial charge in [0.2, 0.25) is 0 Å². The molecule has 1 heterocycles. The Hall–Kier alpha value is -3.48. The van der Waals surface area contributed by atoms with Gasteiger partial charge in [0.05, 0.1) is 30.5 Å². The molecule has 1 atom stereocenters. The molecule has 154 valence electrons. The van der Waals surface area contributed by atoms with Gasteiger partial charge in [0.15, 0.2) is 5.78 Å². The largest absolute Gasteiger partial charge is 0.497 e. The molecule has 4 rings (SSSR count). The predicted molar refractivity (Wildman–Crippen MR) is 114 cm³/mol. The highest BCUT2D eigenvalue weighted by Gasteiger charge is 2.31. The van der Waals surface area contributed by atoms with E-state index in [9.17, 15) is 14.4 Å². The second-order valence-corrected chi connectivity index (χ2v) is 7.48. The van der Waals surface area contributed by atoms with Crippen LogP contribution >= 0.6 is 0 Å². The minimum absolute atomic E-state index is 0.0728. The van der Waals surface area contributed by atoms with Crippen molar-refractivity contribution in [1.82, 2.24) is 9.55 Å². The average molecular weight is 405 g/mol. The first-order valence-electron chi connectivity index (χ1n) is 9.91. The van der Waals surface area contributed by atoms with Crippen LogP contribution in [0.25, 0.3) is 10.9 Å². The van der Waals surface area contributed by atoms with Crippen molar-refractivity contribution in [1.29, 1.82) is 0 Å². The van der Waals surface area contributed by atoms with Crippen LogP contribution in [0, 0.1) is 6.92 Å². The summed E-state index contributed by atoms with van der Waals surface area (Å²) in [4.78, 5) is 42.1. The second-order valence-electron chi connectivity index (χ2n) is 7.48. The summed E-state index contributed by atoms with van der Waals surface area (Å²) in [5.41, 5.74) is 1.97. The zero-order valence-corrected chi connectivity index (χ0v) is 17.0. The number of hydrogen-bond acceptors (Lipinski definition) is 6. The Kier molecular flexibility index (Phi) is 5.35. The molecular formula is C23H23N3O4. The van der Waals surface area contributed by atoms with Crippen molar-refractivity contribution in [3.8, 4) is 5.75 Å². The van der Waals surface area contributed by atoms with E-state index in [0.29, 0.717) is 41.8 Å². The van der Waals surface area contributed by atoms with Gasteiger partial charge in [0.1, 0.15) is 17.4 Å². The molecule has 1 saturated carbocycles. The zero-order valence-electron chi connectivity index (χ0n) is 17.0. The van der Waals surface area contributed by atoms with Crippen molar-refractivity contribution in [2.75, 3.05) is 12.4 Å². The van der Waals surface area contributed by atoms with Gasteiger partial charge in [-0.15, -0.1) is 0 Å². The summed E-state index contributed by atoms with van der Waals surface area (Å²) in [6.07, 6.45) is 0.519. The van der Waals surface area contributed by atoms with E-state index in [0.717, 1.165) is 11.3 Å². The zero-order chi connectivity index (χ0) is 21.3. The molecule has 1 aliphatic carbocycles. The van der Waals surface area contributed by atoms with Gasteiger partial charge in [-0.3, -0.25) is 19.0 Å². The van der Waals surface area contributed by atoms with Crippen molar-refractivity contribution in [2.45, 2.75) is 38.8 Å². The van der Waals surface area contributed by atoms with Gasteiger partial charge in [0.25, 0.3) is 5.56 Å². The molecule has 7 nitrogen and oxygen atoms in total. The maximum Gasteiger partial charge on any atom is 0.264 e. The first-order chi connectivity index (χ1) is 14.5. The Morgan fingerprint density at radius 1 is 1.17 bits per heavy atom. The number of Topliss-reactive ketones (excluding diaryl/α,β-unsaturated/α-hetero) is 2. The highest BCUT2D eigenvalue weighted by molar-refractivity contribution is 6.03. The quantitative estimate of drug-likeness (QED) is 0.656. The lowest BCUT2D eigenvalue weighted by Crippen LogP contribution is -2.36. The van der Waals surface area contributed by atoms with Crippen LogP contribution in [-0.4, -0.2) is 28.2 Å². The van der Waals surface area contributed by atoms with Crippen molar-refractivity contribution in [3.05, 3.63) is 64.2 Å². The number of carbonyl (C=O) groups excluding carboxylic acids is 2. The summed E-state index contributed by atoms with van der Waals surface area (Å²) in [5.74, 6) is 0.943. The van der Waals surface area contributed by atoms with E-state index in [1.54, 1.807) is 20.1 Å². The normalized spacial score (nSPS) is 16.7. The maximum atomic E-state index is 13.4. The van der Waals surface area contributed by atoms with Crippen molar-refractivity contribution in [3.63, 3.8) is 0 Å². The molecular weight excluding hydrogens is 382 g/mol. The fraction of sp³-hybridized carbons (Fsp3) is 0.304. The van der Waals surface area contributed by atoms with Crippen molar-refractivity contribution in [2.24, 2.45) is 0 Å². The van der Waals surface area contributed by atoms with E-state index < -0.39 is 6.04 Å². The van der Waals surface area contributed by atoms with Gasteiger partial charge in [0, 0.05) is 18.7 Å². The number of nitrogens with one attached hydrogen (secondary N) is 1. The Balaban J connectivity index is 1.73. The average Bonchev–Trinajstić information content (AvgIpc) is 2.73. The van der Waals surface area contributed by atoms with E-state index in [2.05, 4.69) is 10.3 Å².